The minimum atomic E-state index is -1.02. The lowest BCUT2D eigenvalue weighted by Gasteiger charge is -2.18. The van der Waals surface area contributed by atoms with Gasteiger partial charge in [-0.2, -0.15) is 4.89 Å². The molecule has 0 aliphatic carbocycles. The van der Waals surface area contributed by atoms with Gasteiger partial charge in [0.05, 0.1) is 14.2 Å². The first-order valence-electron chi connectivity index (χ1n) is 8.38. The zero-order valence-corrected chi connectivity index (χ0v) is 17.5. The molecule has 152 valence electrons. The summed E-state index contributed by atoms with van der Waals surface area (Å²) in [7, 11) is 5.49. The van der Waals surface area contributed by atoms with Crippen molar-refractivity contribution in [2.75, 3.05) is 21.3 Å². The molecule has 3 unspecified atom stereocenters. The number of Topliss-reactive ketones (excluding diaryl/α,β-unsaturated/α-hetero) is 1. The number of hydrogen-bond acceptors (Lipinski definition) is 8. The largest absolute Gasteiger partial charge is 0.496 e. The van der Waals surface area contributed by atoms with Gasteiger partial charge in [0.1, 0.15) is 23.0 Å². The van der Waals surface area contributed by atoms with Gasteiger partial charge >= 0.3 is 15.1 Å². The molecular weight excluding hydrogens is 375 g/mol. The number of unbranched alkanes of at least 4 members (excludes halogenated alkanes) is 1. The van der Waals surface area contributed by atoms with Crippen LogP contribution in [0.2, 0.25) is 0 Å². The minimum Gasteiger partial charge on any atom is -0.496 e. The van der Waals surface area contributed by atoms with Crippen molar-refractivity contribution in [2.45, 2.75) is 39.4 Å². The van der Waals surface area contributed by atoms with Gasteiger partial charge in [0.15, 0.2) is 12.1 Å². The minimum absolute atomic E-state index is 0.213. The Balaban J connectivity index is 0.00000326. The zero-order valence-electron chi connectivity index (χ0n) is 16.4. The van der Waals surface area contributed by atoms with Crippen molar-refractivity contribution in [3.05, 3.63) is 23.8 Å². The molecule has 0 radical (unpaired) electrons. The van der Waals surface area contributed by atoms with Crippen LogP contribution in [0, 0.1) is 5.92 Å². The standard InChI is InChI=1S/C18H26O7.H2OP/c1-6-7-9-13(18(20)25-24-12(2)21-3)17(19)16-14(22-4)10-8-11-15(16)23-5;1-2/h8,10-13H,6-7,9H2,1-5H3;2H2/q;+1. The number of hydrogen-bond donors (Lipinski definition) is 0. The van der Waals surface area contributed by atoms with Gasteiger partial charge < -0.3 is 14.2 Å². The SMILES string of the molecule is CCCCC(C(=O)OOC(C)OC)C(=O)c1c(OC)cccc1OC.O=[PH2+]. The van der Waals surface area contributed by atoms with Crippen molar-refractivity contribution in [3.8, 4) is 11.5 Å². The van der Waals surface area contributed by atoms with Crippen molar-refractivity contribution in [3.63, 3.8) is 0 Å². The molecule has 0 bridgehead atoms. The Morgan fingerprint density at radius 1 is 1.07 bits per heavy atom. The Hall–Kier alpha value is -2.02. The molecule has 0 saturated heterocycles. The highest BCUT2D eigenvalue weighted by Crippen LogP contribution is 2.32. The van der Waals surface area contributed by atoms with Crippen molar-refractivity contribution >= 4 is 20.9 Å². The number of ether oxygens (including phenoxy) is 3. The fourth-order valence-electron chi connectivity index (χ4n) is 2.25. The van der Waals surface area contributed by atoms with Crippen molar-refractivity contribution in [2.24, 2.45) is 5.92 Å². The van der Waals surface area contributed by atoms with Crippen LogP contribution >= 0.6 is 9.12 Å². The Bertz CT molecular complexity index is 570. The Labute approximate surface area is 161 Å². The second kappa shape index (κ2) is 14.1. The average molecular weight is 403 g/mol. The third kappa shape index (κ3) is 7.62. The van der Waals surface area contributed by atoms with E-state index in [1.165, 1.54) is 30.4 Å². The smallest absolute Gasteiger partial charge is 0.353 e. The van der Waals surface area contributed by atoms with Crippen molar-refractivity contribution in [1.29, 1.82) is 0 Å². The summed E-state index contributed by atoms with van der Waals surface area (Å²) in [5, 5.41) is 0. The van der Waals surface area contributed by atoms with Gasteiger partial charge in [-0.25, -0.2) is 4.79 Å². The van der Waals surface area contributed by atoms with E-state index < -0.39 is 24.0 Å². The molecule has 3 atom stereocenters. The van der Waals surface area contributed by atoms with E-state index in [0.717, 1.165) is 6.42 Å². The average Bonchev–Trinajstić information content (AvgIpc) is 2.72. The van der Waals surface area contributed by atoms with Crippen LogP contribution in [0.4, 0.5) is 0 Å². The van der Waals surface area contributed by atoms with Gasteiger partial charge in [-0.05, 0) is 25.5 Å². The number of ketones is 1. The maximum atomic E-state index is 13.0. The molecule has 0 N–H and O–H groups in total. The van der Waals surface area contributed by atoms with Crippen LogP contribution in [0.5, 0.6) is 11.5 Å². The molecule has 0 heterocycles. The lowest BCUT2D eigenvalue weighted by Crippen LogP contribution is -2.28. The van der Waals surface area contributed by atoms with Crippen LogP contribution in [-0.4, -0.2) is 39.4 Å². The first-order valence-corrected chi connectivity index (χ1v) is 8.85. The third-order valence-electron chi connectivity index (χ3n) is 3.72. The maximum absolute atomic E-state index is 13.0. The van der Waals surface area contributed by atoms with E-state index in [2.05, 4.69) is 0 Å². The molecule has 8 nitrogen and oxygen atoms in total. The predicted octanol–water partition coefficient (Wildman–Crippen LogP) is 3.37. The highest BCUT2D eigenvalue weighted by molar-refractivity contribution is 7.00. The second-order valence-electron chi connectivity index (χ2n) is 5.40. The van der Waals surface area contributed by atoms with E-state index in [9.17, 15) is 9.59 Å². The second-order valence-corrected chi connectivity index (χ2v) is 5.40. The molecular formula is C18H28O8P+. The molecule has 0 aliphatic heterocycles. The Morgan fingerprint density at radius 2 is 1.63 bits per heavy atom. The maximum Gasteiger partial charge on any atom is 0.353 e. The summed E-state index contributed by atoms with van der Waals surface area (Å²) >= 11 is 0. The number of benzene rings is 1. The number of carbonyl (C=O) groups is 2. The van der Waals surface area contributed by atoms with Gasteiger partial charge in [0.25, 0.3) is 0 Å². The zero-order chi connectivity index (χ0) is 20.8. The molecule has 1 aromatic rings. The molecule has 0 spiro atoms. The van der Waals surface area contributed by atoms with E-state index in [1.54, 1.807) is 25.1 Å². The van der Waals surface area contributed by atoms with Crippen LogP contribution in [0.1, 0.15) is 43.5 Å². The third-order valence-corrected chi connectivity index (χ3v) is 3.72. The topological polar surface area (TPSA) is 97.4 Å². The van der Waals surface area contributed by atoms with Crippen LogP contribution in [0.15, 0.2) is 18.2 Å². The molecule has 0 aliphatic rings. The van der Waals surface area contributed by atoms with E-state index in [4.69, 9.17) is 28.6 Å². The van der Waals surface area contributed by atoms with Crippen molar-refractivity contribution in [1.82, 2.24) is 0 Å². The fraction of sp³-hybridized carbons (Fsp3) is 0.556. The molecule has 0 fully saturated rings. The number of carbonyl (C=O) groups excluding carboxylic acids is 2. The fourth-order valence-corrected chi connectivity index (χ4v) is 2.25. The van der Waals surface area contributed by atoms with Crippen LogP contribution in [0.25, 0.3) is 0 Å². The first kappa shape index (κ1) is 25.0. The van der Waals surface area contributed by atoms with Crippen LogP contribution in [0.3, 0.4) is 0 Å². The highest BCUT2D eigenvalue weighted by atomic mass is 31.0. The van der Waals surface area contributed by atoms with Crippen LogP contribution < -0.4 is 9.47 Å². The summed E-state index contributed by atoms with van der Waals surface area (Å²) in [5.41, 5.74) is 0.213. The van der Waals surface area contributed by atoms with Gasteiger partial charge in [0, 0.05) is 7.11 Å². The van der Waals surface area contributed by atoms with E-state index >= 15 is 0 Å². The number of rotatable bonds is 11. The summed E-state index contributed by atoms with van der Waals surface area (Å²) in [5.74, 6) is -1.54. The molecule has 0 aromatic heterocycles. The molecule has 1 rings (SSSR count). The van der Waals surface area contributed by atoms with E-state index in [-0.39, 0.29) is 5.56 Å². The summed E-state index contributed by atoms with van der Waals surface area (Å²) < 4.78 is 23.5. The lowest BCUT2D eigenvalue weighted by molar-refractivity contribution is -0.343. The normalized spacial score (nSPS) is 12.2. The highest BCUT2D eigenvalue weighted by Gasteiger charge is 2.33. The summed E-state index contributed by atoms with van der Waals surface area (Å²) in [6.07, 6.45) is 1.12. The van der Waals surface area contributed by atoms with Gasteiger partial charge in [-0.3, -0.25) is 9.68 Å². The molecule has 1 aromatic carbocycles. The van der Waals surface area contributed by atoms with Gasteiger partial charge in [-0.1, -0.05) is 30.4 Å². The van der Waals surface area contributed by atoms with Crippen molar-refractivity contribution < 1.29 is 38.1 Å². The summed E-state index contributed by atoms with van der Waals surface area (Å²) in [6.45, 7) is 3.54. The molecule has 0 saturated carbocycles. The van der Waals surface area contributed by atoms with E-state index in [0.29, 0.717) is 24.3 Å². The van der Waals surface area contributed by atoms with Crippen LogP contribution in [-0.2, 0) is 23.9 Å². The van der Waals surface area contributed by atoms with Gasteiger partial charge in [0.2, 0.25) is 0 Å². The van der Waals surface area contributed by atoms with Gasteiger partial charge in [-0.15, -0.1) is 0 Å². The predicted molar refractivity (Wildman–Crippen MR) is 101 cm³/mol. The Kier molecular flexibility index (Phi) is 13.0. The monoisotopic (exact) mass is 403 g/mol. The first-order chi connectivity index (χ1) is 13.0. The summed E-state index contributed by atoms with van der Waals surface area (Å²) in [4.78, 5) is 35.0. The van der Waals surface area contributed by atoms with E-state index in [1.807, 2.05) is 6.92 Å². The quantitative estimate of drug-likeness (QED) is 0.139. The Morgan fingerprint density at radius 3 is 2.07 bits per heavy atom. The lowest BCUT2D eigenvalue weighted by atomic mass is 9.91. The molecule has 27 heavy (non-hydrogen) atoms. The molecule has 9 heteroatoms. The number of methoxy groups -OCH3 is 3. The summed E-state index contributed by atoms with van der Waals surface area (Å²) in [6, 6.07) is 4.99. The molecule has 0 amide bonds.